The minimum atomic E-state index is -0.145. The highest BCUT2D eigenvalue weighted by molar-refractivity contribution is 7.71. The van der Waals surface area contributed by atoms with Crippen molar-refractivity contribution in [1.29, 1.82) is 0 Å². The van der Waals surface area contributed by atoms with Crippen LogP contribution in [0.25, 0.3) is 5.65 Å². The Morgan fingerprint density at radius 2 is 2.22 bits per heavy atom. The van der Waals surface area contributed by atoms with Gasteiger partial charge in [-0.25, -0.2) is 9.50 Å². The number of fused-ring (bicyclic) bond motifs is 3. The SMILES string of the molecule is CCC1CC2CC(C)CC(c3nc(=S)n4[nH]c(=O)cc4[nH]3)(C1)C2. The van der Waals surface area contributed by atoms with Gasteiger partial charge in [-0.05, 0) is 62.1 Å². The Morgan fingerprint density at radius 1 is 1.39 bits per heavy atom. The summed E-state index contributed by atoms with van der Waals surface area (Å²) in [6.07, 6.45) is 7.49. The molecule has 2 aromatic heterocycles. The molecule has 23 heavy (non-hydrogen) atoms. The van der Waals surface area contributed by atoms with Crippen LogP contribution >= 0.6 is 12.2 Å². The number of aromatic nitrogens is 4. The van der Waals surface area contributed by atoms with Gasteiger partial charge < -0.3 is 4.98 Å². The molecule has 4 unspecified atom stereocenters. The van der Waals surface area contributed by atoms with E-state index in [2.05, 4.69) is 23.9 Å². The molecule has 0 spiro atoms. The zero-order valence-electron chi connectivity index (χ0n) is 13.8. The first-order valence-electron chi connectivity index (χ1n) is 8.71. The van der Waals surface area contributed by atoms with Gasteiger partial charge in [0.1, 0.15) is 11.5 Å². The van der Waals surface area contributed by atoms with E-state index < -0.39 is 0 Å². The highest BCUT2D eigenvalue weighted by atomic mass is 32.1. The van der Waals surface area contributed by atoms with Crippen molar-refractivity contribution in [2.45, 2.75) is 57.8 Å². The number of hydrogen-bond donors (Lipinski definition) is 2. The van der Waals surface area contributed by atoms with E-state index in [9.17, 15) is 4.79 Å². The van der Waals surface area contributed by atoms with Crippen molar-refractivity contribution in [1.82, 2.24) is 19.6 Å². The highest BCUT2D eigenvalue weighted by Gasteiger charge is 2.47. The standard InChI is InChI=1S/C17H24N4OS/c1-3-11-5-12-4-10(2)7-17(8-11,9-12)15-18-13-6-14(22)20-21(13)16(23)19-15/h6,10-12H,3-5,7-9H2,1-2H3,(H,20,22)(H,18,19,23). The lowest BCUT2D eigenvalue weighted by atomic mass is 9.56. The quantitative estimate of drug-likeness (QED) is 0.826. The molecule has 0 saturated heterocycles. The molecular weight excluding hydrogens is 308 g/mol. The first-order chi connectivity index (χ1) is 11.0. The average molecular weight is 332 g/mol. The van der Waals surface area contributed by atoms with E-state index in [1.807, 2.05) is 0 Å². The summed E-state index contributed by atoms with van der Waals surface area (Å²) in [5.74, 6) is 3.29. The zero-order chi connectivity index (χ0) is 16.2. The second-order valence-electron chi connectivity index (χ2n) is 7.82. The molecule has 0 radical (unpaired) electrons. The van der Waals surface area contributed by atoms with Crippen LogP contribution in [0.1, 0.15) is 58.2 Å². The van der Waals surface area contributed by atoms with Crippen molar-refractivity contribution in [2.75, 3.05) is 0 Å². The molecule has 2 aromatic rings. The van der Waals surface area contributed by atoms with Gasteiger partial charge in [-0.2, -0.15) is 0 Å². The maximum Gasteiger partial charge on any atom is 0.266 e. The predicted octanol–water partition coefficient (Wildman–Crippen LogP) is 3.57. The van der Waals surface area contributed by atoms with Crippen LogP contribution in [0.3, 0.4) is 0 Å². The third-order valence-electron chi connectivity index (χ3n) is 5.96. The van der Waals surface area contributed by atoms with E-state index in [1.165, 1.54) is 38.5 Å². The average Bonchev–Trinajstić information content (AvgIpc) is 2.87. The van der Waals surface area contributed by atoms with Crippen molar-refractivity contribution in [3.8, 4) is 0 Å². The molecule has 2 heterocycles. The number of H-pyrrole nitrogens is 2. The highest BCUT2D eigenvalue weighted by Crippen LogP contribution is 2.53. The lowest BCUT2D eigenvalue weighted by molar-refractivity contribution is 0.0644. The molecule has 6 heteroatoms. The third-order valence-corrected chi connectivity index (χ3v) is 6.23. The van der Waals surface area contributed by atoms with Gasteiger partial charge in [-0.1, -0.05) is 20.3 Å². The van der Waals surface area contributed by atoms with Gasteiger partial charge in [-0.15, -0.1) is 0 Å². The second kappa shape index (κ2) is 5.30. The summed E-state index contributed by atoms with van der Waals surface area (Å²) in [4.78, 5) is 19.7. The lowest BCUT2D eigenvalue weighted by Crippen LogP contribution is -2.44. The van der Waals surface area contributed by atoms with Gasteiger partial charge in [0.2, 0.25) is 4.77 Å². The molecule has 4 rings (SSSR count). The number of nitrogens with zero attached hydrogens (tertiary/aromatic N) is 2. The van der Waals surface area contributed by atoms with Crippen LogP contribution in [0.15, 0.2) is 10.9 Å². The fourth-order valence-corrected chi connectivity index (χ4v) is 5.51. The predicted molar refractivity (Wildman–Crippen MR) is 92.2 cm³/mol. The zero-order valence-corrected chi connectivity index (χ0v) is 14.6. The van der Waals surface area contributed by atoms with Crippen LogP contribution < -0.4 is 5.56 Å². The molecule has 2 aliphatic carbocycles. The van der Waals surface area contributed by atoms with Gasteiger partial charge in [0.15, 0.2) is 0 Å². The fraction of sp³-hybridized carbons (Fsp3) is 0.706. The summed E-state index contributed by atoms with van der Waals surface area (Å²) in [5, 5.41) is 2.70. The molecule has 2 fully saturated rings. The fourth-order valence-electron chi connectivity index (χ4n) is 5.27. The summed E-state index contributed by atoms with van der Waals surface area (Å²) in [7, 11) is 0. The number of rotatable bonds is 2. The minimum absolute atomic E-state index is 0.101. The summed E-state index contributed by atoms with van der Waals surface area (Å²) in [5.41, 5.74) is 0.686. The van der Waals surface area contributed by atoms with Crippen LogP contribution in [0.4, 0.5) is 0 Å². The van der Waals surface area contributed by atoms with E-state index in [0.717, 1.165) is 29.2 Å². The van der Waals surface area contributed by atoms with Crippen molar-refractivity contribution >= 4 is 17.9 Å². The summed E-state index contributed by atoms with van der Waals surface area (Å²) in [6.45, 7) is 4.66. The van der Waals surface area contributed by atoms with Crippen LogP contribution in [-0.4, -0.2) is 19.6 Å². The first-order valence-corrected chi connectivity index (χ1v) is 9.12. The molecule has 2 bridgehead atoms. The van der Waals surface area contributed by atoms with Gasteiger partial charge >= 0.3 is 0 Å². The first kappa shape index (κ1) is 15.1. The second-order valence-corrected chi connectivity index (χ2v) is 8.18. The summed E-state index contributed by atoms with van der Waals surface area (Å²) < 4.78 is 2.01. The topological polar surface area (TPSA) is 66.0 Å². The summed E-state index contributed by atoms with van der Waals surface area (Å²) in [6, 6.07) is 1.57. The Labute approximate surface area is 140 Å². The van der Waals surface area contributed by atoms with E-state index in [4.69, 9.17) is 17.2 Å². The van der Waals surface area contributed by atoms with Gasteiger partial charge in [0.05, 0.1) is 0 Å². The van der Waals surface area contributed by atoms with Crippen LogP contribution in [0, 0.1) is 22.5 Å². The monoisotopic (exact) mass is 332 g/mol. The molecule has 2 N–H and O–H groups in total. The Hall–Kier alpha value is -1.43. The Kier molecular flexibility index (Phi) is 3.48. The molecule has 0 aromatic carbocycles. The Morgan fingerprint density at radius 3 is 3.00 bits per heavy atom. The van der Waals surface area contributed by atoms with Crippen molar-refractivity contribution in [2.24, 2.45) is 17.8 Å². The third kappa shape index (κ3) is 2.47. The van der Waals surface area contributed by atoms with Crippen molar-refractivity contribution < 1.29 is 0 Å². The van der Waals surface area contributed by atoms with E-state index in [1.54, 1.807) is 10.6 Å². The van der Waals surface area contributed by atoms with Crippen molar-refractivity contribution in [3.63, 3.8) is 0 Å². The lowest BCUT2D eigenvalue weighted by Gasteiger charge is -2.49. The largest absolute Gasteiger partial charge is 0.328 e. The minimum Gasteiger partial charge on any atom is -0.328 e. The van der Waals surface area contributed by atoms with Gasteiger partial charge in [0.25, 0.3) is 5.56 Å². The van der Waals surface area contributed by atoms with Crippen LogP contribution in [-0.2, 0) is 5.41 Å². The molecule has 2 saturated carbocycles. The van der Waals surface area contributed by atoms with Crippen LogP contribution in [0.2, 0.25) is 0 Å². The molecule has 0 aliphatic heterocycles. The molecule has 2 aliphatic rings. The number of aromatic amines is 2. The van der Waals surface area contributed by atoms with Crippen molar-refractivity contribution in [3.05, 3.63) is 27.0 Å². The molecule has 5 nitrogen and oxygen atoms in total. The Balaban J connectivity index is 1.86. The molecule has 0 amide bonds. The maximum atomic E-state index is 11.6. The summed E-state index contributed by atoms with van der Waals surface area (Å²) >= 11 is 5.42. The normalized spacial score (nSPS) is 33.9. The van der Waals surface area contributed by atoms with Gasteiger partial charge in [-0.3, -0.25) is 9.89 Å². The van der Waals surface area contributed by atoms with E-state index in [0.29, 0.717) is 4.77 Å². The number of hydrogen-bond acceptors (Lipinski definition) is 3. The molecule has 124 valence electrons. The van der Waals surface area contributed by atoms with Crippen LogP contribution in [0.5, 0.6) is 0 Å². The smallest absolute Gasteiger partial charge is 0.266 e. The maximum absolute atomic E-state index is 11.6. The molecule has 4 atom stereocenters. The molecular formula is C17H24N4OS. The number of nitrogens with one attached hydrogen (secondary N) is 2. The van der Waals surface area contributed by atoms with E-state index >= 15 is 0 Å². The Bertz CT molecular complexity index is 846. The van der Waals surface area contributed by atoms with Gasteiger partial charge in [0, 0.05) is 11.5 Å². The van der Waals surface area contributed by atoms with E-state index in [-0.39, 0.29) is 11.0 Å².